The topological polar surface area (TPSA) is 36.9 Å². The molecule has 18 heavy (non-hydrogen) atoms. The molecule has 0 bridgehead atoms. The van der Waals surface area contributed by atoms with Crippen molar-refractivity contribution in [1.82, 2.24) is 0 Å². The van der Waals surface area contributed by atoms with Crippen molar-refractivity contribution < 1.29 is 18.0 Å². The van der Waals surface area contributed by atoms with E-state index < -0.39 is 8.80 Å². The van der Waals surface area contributed by atoms with E-state index in [9.17, 15) is 0 Å². The van der Waals surface area contributed by atoms with Crippen LogP contribution in [0.4, 0.5) is 0 Å². The minimum Gasteiger partial charge on any atom is -0.496 e. The van der Waals surface area contributed by atoms with Gasteiger partial charge >= 0.3 is 8.80 Å². The molecule has 0 aliphatic rings. The van der Waals surface area contributed by atoms with Gasteiger partial charge in [-0.25, -0.2) is 0 Å². The fraction of sp³-hybridized carbons (Fsp3) is 0.538. The summed E-state index contributed by atoms with van der Waals surface area (Å²) in [5.41, 5.74) is 3.43. The fourth-order valence-electron chi connectivity index (χ4n) is 1.96. The first-order chi connectivity index (χ1) is 8.51. The van der Waals surface area contributed by atoms with Gasteiger partial charge in [-0.1, -0.05) is 6.07 Å². The monoisotopic (exact) mass is 270 g/mol. The molecule has 0 amide bonds. The van der Waals surface area contributed by atoms with Gasteiger partial charge in [0.05, 0.1) is 7.11 Å². The number of hydrogen-bond acceptors (Lipinski definition) is 4. The predicted molar refractivity (Wildman–Crippen MR) is 73.0 cm³/mol. The quantitative estimate of drug-likeness (QED) is 0.743. The molecule has 0 saturated heterocycles. The maximum Gasteiger partial charge on any atom is 0.504 e. The molecule has 0 unspecified atom stereocenters. The van der Waals surface area contributed by atoms with Crippen LogP contribution in [0, 0.1) is 13.8 Å². The van der Waals surface area contributed by atoms with Crippen molar-refractivity contribution in [2.75, 3.05) is 28.4 Å². The summed E-state index contributed by atoms with van der Waals surface area (Å²) in [5, 5.41) is 0. The highest BCUT2D eigenvalue weighted by Gasteiger charge is 2.38. The lowest BCUT2D eigenvalue weighted by atomic mass is 10.1. The molecular weight excluding hydrogens is 248 g/mol. The van der Waals surface area contributed by atoms with Crippen LogP contribution >= 0.6 is 0 Å². The Morgan fingerprint density at radius 2 is 1.44 bits per heavy atom. The maximum atomic E-state index is 5.45. The number of aryl methyl sites for hydroxylation is 2. The van der Waals surface area contributed by atoms with Crippen LogP contribution in [-0.2, 0) is 19.3 Å². The summed E-state index contributed by atoms with van der Waals surface area (Å²) in [4.78, 5) is 0. The molecule has 0 aliphatic heterocycles. The van der Waals surface area contributed by atoms with Crippen LogP contribution in [0.5, 0.6) is 5.75 Å². The molecule has 0 N–H and O–H groups in total. The highest BCUT2D eigenvalue weighted by atomic mass is 28.4. The molecule has 0 spiro atoms. The Bertz CT molecular complexity index is 394. The summed E-state index contributed by atoms with van der Waals surface area (Å²) in [7, 11) is 3.99. The van der Waals surface area contributed by atoms with Gasteiger partial charge in [0.25, 0.3) is 0 Å². The van der Waals surface area contributed by atoms with Crippen LogP contribution in [0.25, 0.3) is 0 Å². The normalized spacial score (nSPS) is 11.7. The van der Waals surface area contributed by atoms with E-state index >= 15 is 0 Å². The van der Waals surface area contributed by atoms with E-state index in [0.717, 1.165) is 16.9 Å². The van der Waals surface area contributed by atoms with E-state index in [0.29, 0.717) is 6.04 Å². The third kappa shape index (κ3) is 3.11. The lowest BCUT2D eigenvalue weighted by molar-refractivity contribution is 0.122. The number of methoxy groups -OCH3 is 1. The zero-order valence-corrected chi connectivity index (χ0v) is 13.0. The summed E-state index contributed by atoms with van der Waals surface area (Å²) < 4.78 is 21.7. The van der Waals surface area contributed by atoms with Gasteiger partial charge in [-0.15, -0.1) is 0 Å². The molecule has 0 fully saturated rings. The highest BCUT2D eigenvalue weighted by molar-refractivity contribution is 6.60. The Morgan fingerprint density at radius 3 is 1.89 bits per heavy atom. The number of ether oxygens (including phenoxy) is 1. The largest absolute Gasteiger partial charge is 0.504 e. The van der Waals surface area contributed by atoms with Gasteiger partial charge in [0.1, 0.15) is 5.75 Å². The molecule has 0 aromatic heterocycles. The number of rotatable bonds is 6. The van der Waals surface area contributed by atoms with Gasteiger partial charge in [-0.3, -0.25) is 0 Å². The summed E-state index contributed by atoms with van der Waals surface area (Å²) in [6.07, 6.45) is 0. The van der Waals surface area contributed by atoms with Gasteiger partial charge < -0.3 is 18.0 Å². The lowest BCUT2D eigenvalue weighted by Crippen LogP contribution is -2.45. The second-order valence-electron chi connectivity index (χ2n) is 4.22. The van der Waals surface area contributed by atoms with Crippen molar-refractivity contribution >= 4 is 8.80 Å². The first-order valence-corrected chi connectivity index (χ1v) is 7.74. The third-order valence-electron chi connectivity index (χ3n) is 3.19. The molecule has 0 aliphatic carbocycles. The van der Waals surface area contributed by atoms with Crippen LogP contribution < -0.4 is 4.74 Å². The van der Waals surface area contributed by atoms with E-state index in [1.807, 2.05) is 13.0 Å². The standard InChI is InChI=1S/C13H22O4Si/c1-10-8-13(14-3)11(2)7-12(10)9-18(15-4,16-5)17-6/h7-8H,9H2,1-6H3. The van der Waals surface area contributed by atoms with Crippen molar-refractivity contribution in [3.05, 3.63) is 28.8 Å². The molecular formula is C13H22O4Si. The Morgan fingerprint density at radius 1 is 0.889 bits per heavy atom. The van der Waals surface area contributed by atoms with E-state index in [1.54, 1.807) is 28.4 Å². The van der Waals surface area contributed by atoms with Crippen molar-refractivity contribution in [2.24, 2.45) is 0 Å². The Kier molecular flexibility index (Phi) is 5.34. The van der Waals surface area contributed by atoms with Crippen LogP contribution in [0.15, 0.2) is 12.1 Å². The van der Waals surface area contributed by atoms with Crippen molar-refractivity contribution in [3.63, 3.8) is 0 Å². The van der Waals surface area contributed by atoms with Gasteiger partial charge in [0.15, 0.2) is 0 Å². The fourth-order valence-corrected chi connectivity index (χ4v) is 3.74. The van der Waals surface area contributed by atoms with Crippen molar-refractivity contribution in [3.8, 4) is 5.75 Å². The van der Waals surface area contributed by atoms with Gasteiger partial charge in [-0.05, 0) is 36.6 Å². The molecule has 1 rings (SSSR count). The average molecular weight is 270 g/mol. The summed E-state index contributed by atoms with van der Waals surface area (Å²) in [6, 6.07) is 4.80. The number of benzene rings is 1. The summed E-state index contributed by atoms with van der Waals surface area (Å²) in [6.45, 7) is 4.08. The zero-order valence-electron chi connectivity index (χ0n) is 12.0. The molecule has 4 nitrogen and oxygen atoms in total. The number of hydrogen-bond donors (Lipinski definition) is 0. The minimum atomic E-state index is -2.58. The molecule has 0 atom stereocenters. The van der Waals surface area contributed by atoms with E-state index in [2.05, 4.69) is 13.0 Å². The minimum absolute atomic E-state index is 0.660. The third-order valence-corrected chi connectivity index (χ3v) is 5.87. The summed E-state index contributed by atoms with van der Waals surface area (Å²) >= 11 is 0. The van der Waals surface area contributed by atoms with E-state index in [1.165, 1.54) is 5.56 Å². The molecule has 0 radical (unpaired) electrons. The predicted octanol–water partition coefficient (Wildman–Crippen LogP) is 2.27. The second-order valence-corrected chi connectivity index (χ2v) is 7.16. The van der Waals surface area contributed by atoms with Crippen LogP contribution in [0.3, 0.4) is 0 Å². The molecule has 0 saturated carbocycles. The Balaban J connectivity index is 3.07. The van der Waals surface area contributed by atoms with Crippen molar-refractivity contribution in [1.29, 1.82) is 0 Å². The van der Waals surface area contributed by atoms with Gasteiger partial charge in [0.2, 0.25) is 0 Å². The second kappa shape index (κ2) is 6.33. The highest BCUT2D eigenvalue weighted by Crippen LogP contribution is 2.25. The molecule has 1 aromatic rings. The van der Waals surface area contributed by atoms with E-state index in [4.69, 9.17) is 18.0 Å². The molecule has 5 heteroatoms. The van der Waals surface area contributed by atoms with Gasteiger partial charge in [0, 0.05) is 27.4 Å². The zero-order chi connectivity index (χ0) is 13.8. The van der Waals surface area contributed by atoms with E-state index in [-0.39, 0.29) is 0 Å². The average Bonchev–Trinajstić information content (AvgIpc) is 2.39. The molecule has 102 valence electrons. The van der Waals surface area contributed by atoms with Crippen LogP contribution in [0.1, 0.15) is 16.7 Å². The first-order valence-electron chi connectivity index (χ1n) is 5.81. The smallest absolute Gasteiger partial charge is 0.496 e. The summed E-state index contributed by atoms with van der Waals surface area (Å²) in [5.74, 6) is 0.899. The van der Waals surface area contributed by atoms with Gasteiger partial charge in [-0.2, -0.15) is 0 Å². The molecule has 1 aromatic carbocycles. The van der Waals surface area contributed by atoms with Crippen molar-refractivity contribution in [2.45, 2.75) is 19.9 Å². The SMILES string of the molecule is COc1cc(C)c(C[Si](OC)(OC)OC)cc1C. The molecule has 0 heterocycles. The first kappa shape index (κ1) is 15.2. The van der Waals surface area contributed by atoms with Crippen LogP contribution in [-0.4, -0.2) is 37.2 Å². The Labute approximate surface area is 110 Å². The maximum absolute atomic E-state index is 5.45. The lowest BCUT2D eigenvalue weighted by Gasteiger charge is -2.25. The van der Waals surface area contributed by atoms with Crippen LogP contribution in [0.2, 0.25) is 0 Å². The Hall–Kier alpha value is -0.883.